The molecule has 1 unspecified atom stereocenters. The Balaban J connectivity index is 0.00000225. The van der Waals surface area contributed by atoms with Crippen LogP contribution in [0.5, 0.6) is 5.75 Å². The first-order valence-electron chi connectivity index (χ1n) is 7.52. The second-order valence-corrected chi connectivity index (χ2v) is 5.74. The summed E-state index contributed by atoms with van der Waals surface area (Å²) in [6.07, 6.45) is -4.38. The van der Waals surface area contributed by atoms with Gasteiger partial charge in [0.1, 0.15) is 11.8 Å². The maximum absolute atomic E-state index is 12.4. The number of alkyl halides is 3. The molecule has 2 N–H and O–H groups in total. The van der Waals surface area contributed by atoms with Crippen molar-refractivity contribution in [2.75, 3.05) is 24.5 Å². The first-order valence-corrected chi connectivity index (χ1v) is 7.52. The predicted molar refractivity (Wildman–Crippen MR) is 85.6 cm³/mol. The Labute approximate surface area is 148 Å². The van der Waals surface area contributed by atoms with Crippen LogP contribution in [0.15, 0.2) is 24.3 Å². The lowest BCUT2D eigenvalue weighted by Crippen LogP contribution is -2.54. The van der Waals surface area contributed by atoms with Gasteiger partial charge in [-0.2, -0.15) is 0 Å². The minimum Gasteiger partial charge on any atom is -0.406 e. The van der Waals surface area contributed by atoms with Gasteiger partial charge in [-0.3, -0.25) is 9.59 Å². The lowest BCUT2D eigenvalue weighted by atomic mass is 10.0. The molecule has 0 aliphatic carbocycles. The first-order chi connectivity index (χ1) is 11.3. The molecule has 1 atom stereocenters. The van der Waals surface area contributed by atoms with Crippen LogP contribution in [0.3, 0.4) is 0 Å². The highest BCUT2D eigenvalue weighted by Gasteiger charge is 2.36. The average Bonchev–Trinajstić information content (AvgIpc) is 2.76. The summed E-state index contributed by atoms with van der Waals surface area (Å²) in [5.74, 6) is -1.03. The molecule has 2 aliphatic rings. The summed E-state index contributed by atoms with van der Waals surface area (Å²) in [6.45, 7) is 1.50. The summed E-state index contributed by atoms with van der Waals surface area (Å²) in [4.78, 5) is 25.7. The largest absolute Gasteiger partial charge is 0.573 e. The van der Waals surface area contributed by atoms with Crippen LogP contribution in [0.2, 0.25) is 0 Å². The summed E-state index contributed by atoms with van der Waals surface area (Å²) in [7, 11) is 0. The Bertz CT molecular complexity index is 652. The number of halogens is 4. The molecule has 0 radical (unpaired) electrons. The summed E-state index contributed by atoms with van der Waals surface area (Å²) < 4.78 is 40.7. The monoisotopic (exact) mass is 379 g/mol. The molecule has 3 rings (SSSR count). The van der Waals surface area contributed by atoms with Crippen molar-refractivity contribution in [3.05, 3.63) is 24.3 Å². The van der Waals surface area contributed by atoms with Crippen LogP contribution >= 0.6 is 12.4 Å². The standard InChI is InChI=1S/C15H16F3N3O3.ClH/c16-15(17,18)24-11-3-1-2-10(6-11)21-5-4-12(14(21)23)20-13(22)9-7-19-8-9;/h1-3,6,9,12,19H,4-5,7-8H2,(H,20,22);1H. The molecular formula is C15H17ClF3N3O3. The van der Waals surface area contributed by atoms with Crippen molar-refractivity contribution in [3.8, 4) is 5.75 Å². The van der Waals surface area contributed by atoms with Gasteiger partial charge in [-0.15, -0.1) is 25.6 Å². The highest BCUT2D eigenvalue weighted by molar-refractivity contribution is 6.01. The van der Waals surface area contributed by atoms with E-state index in [0.717, 1.165) is 6.07 Å². The van der Waals surface area contributed by atoms with Crippen molar-refractivity contribution in [1.82, 2.24) is 10.6 Å². The van der Waals surface area contributed by atoms with Crippen LogP contribution in [-0.4, -0.2) is 43.9 Å². The Kier molecular flexibility index (Phi) is 5.79. The van der Waals surface area contributed by atoms with Gasteiger partial charge in [0.2, 0.25) is 11.8 Å². The molecule has 138 valence electrons. The van der Waals surface area contributed by atoms with E-state index < -0.39 is 12.4 Å². The van der Waals surface area contributed by atoms with Gasteiger partial charge in [0.05, 0.1) is 5.92 Å². The van der Waals surface area contributed by atoms with Crippen LogP contribution in [0, 0.1) is 5.92 Å². The zero-order chi connectivity index (χ0) is 17.3. The number of hydrogen-bond acceptors (Lipinski definition) is 4. The number of hydrogen-bond donors (Lipinski definition) is 2. The maximum Gasteiger partial charge on any atom is 0.573 e. The smallest absolute Gasteiger partial charge is 0.406 e. The van der Waals surface area contributed by atoms with Crippen LogP contribution in [-0.2, 0) is 9.59 Å². The van der Waals surface area contributed by atoms with Crippen molar-refractivity contribution >= 4 is 29.9 Å². The predicted octanol–water partition coefficient (Wildman–Crippen LogP) is 1.45. The van der Waals surface area contributed by atoms with Gasteiger partial charge in [-0.1, -0.05) is 6.07 Å². The number of rotatable bonds is 4. The molecule has 0 saturated carbocycles. The van der Waals surface area contributed by atoms with Crippen molar-refractivity contribution in [2.45, 2.75) is 18.8 Å². The summed E-state index contributed by atoms with van der Waals surface area (Å²) in [5, 5.41) is 5.68. The zero-order valence-electron chi connectivity index (χ0n) is 13.0. The molecule has 2 heterocycles. The third-order valence-electron chi connectivity index (χ3n) is 4.04. The molecule has 0 spiro atoms. The Morgan fingerprint density at radius 1 is 1.32 bits per heavy atom. The molecule has 2 fully saturated rings. The Morgan fingerprint density at radius 3 is 2.64 bits per heavy atom. The molecule has 1 aromatic carbocycles. The fourth-order valence-electron chi connectivity index (χ4n) is 2.68. The van der Waals surface area contributed by atoms with Gasteiger partial charge in [-0.25, -0.2) is 0 Å². The molecule has 2 saturated heterocycles. The van der Waals surface area contributed by atoms with E-state index in [1.165, 1.54) is 23.1 Å². The van der Waals surface area contributed by atoms with Crippen molar-refractivity contribution < 1.29 is 27.5 Å². The molecule has 2 aliphatic heterocycles. The highest BCUT2D eigenvalue weighted by Crippen LogP contribution is 2.29. The number of benzene rings is 1. The van der Waals surface area contributed by atoms with E-state index in [2.05, 4.69) is 15.4 Å². The van der Waals surface area contributed by atoms with Crippen LogP contribution < -0.4 is 20.3 Å². The van der Waals surface area contributed by atoms with Gasteiger partial charge in [0.25, 0.3) is 0 Å². The molecule has 0 bridgehead atoms. The van der Waals surface area contributed by atoms with Crippen molar-refractivity contribution in [2.24, 2.45) is 5.92 Å². The van der Waals surface area contributed by atoms with E-state index in [-0.39, 0.29) is 35.9 Å². The number of nitrogens with zero attached hydrogens (tertiary/aromatic N) is 1. The van der Waals surface area contributed by atoms with E-state index in [1.807, 2.05) is 0 Å². The number of amides is 2. The lowest BCUT2D eigenvalue weighted by Gasteiger charge is -2.27. The zero-order valence-corrected chi connectivity index (χ0v) is 13.8. The van der Waals surface area contributed by atoms with E-state index in [4.69, 9.17) is 0 Å². The van der Waals surface area contributed by atoms with Crippen molar-refractivity contribution in [1.29, 1.82) is 0 Å². The Hall–Kier alpha value is -2.00. The van der Waals surface area contributed by atoms with Gasteiger partial charge >= 0.3 is 6.36 Å². The minimum atomic E-state index is -4.79. The third-order valence-corrected chi connectivity index (χ3v) is 4.04. The summed E-state index contributed by atoms with van der Waals surface area (Å²) in [6, 6.07) is 4.59. The van der Waals surface area contributed by atoms with Gasteiger partial charge < -0.3 is 20.3 Å². The van der Waals surface area contributed by atoms with Gasteiger partial charge in [0.15, 0.2) is 0 Å². The third kappa shape index (κ3) is 4.55. The minimum absolute atomic E-state index is 0. The summed E-state index contributed by atoms with van der Waals surface area (Å²) in [5.41, 5.74) is 0.309. The normalized spacial score (nSPS) is 20.7. The van der Waals surface area contributed by atoms with E-state index in [9.17, 15) is 22.8 Å². The number of ether oxygens (including phenoxy) is 1. The first kappa shape index (κ1) is 19.3. The molecular weight excluding hydrogens is 363 g/mol. The molecule has 1 aromatic rings. The second-order valence-electron chi connectivity index (χ2n) is 5.74. The lowest BCUT2D eigenvalue weighted by molar-refractivity contribution is -0.274. The quantitative estimate of drug-likeness (QED) is 0.830. The van der Waals surface area contributed by atoms with E-state index >= 15 is 0 Å². The van der Waals surface area contributed by atoms with Crippen LogP contribution in [0.1, 0.15) is 6.42 Å². The fourth-order valence-corrected chi connectivity index (χ4v) is 2.68. The maximum atomic E-state index is 12.4. The molecule has 0 aromatic heterocycles. The van der Waals surface area contributed by atoms with Gasteiger partial charge in [-0.05, 0) is 18.6 Å². The molecule has 6 nitrogen and oxygen atoms in total. The average molecular weight is 380 g/mol. The van der Waals surface area contributed by atoms with E-state index in [1.54, 1.807) is 0 Å². The molecule has 2 amide bonds. The van der Waals surface area contributed by atoms with Crippen LogP contribution in [0.25, 0.3) is 0 Å². The van der Waals surface area contributed by atoms with Gasteiger partial charge in [0, 0.05) is 31.4 Å². The SMILES string of the molecule is Cl.O=C(NC1CCN(c2cccc(OC(F)(F)F)c2)C1=O)C1CNC1. The molecule has 25 heavy (non-hydrogen) atoms. The highest BCUT2D eigenvalue weighted by atomic mass is 35.5. The second kappa shape index (κ2) is 7.49. The Morgan fingerprint density at radius 2 is 2.04 bits per heavy atom. The van der Waals surface area contributed by atoms with Crippen molar-refractivity contribution in [3.63, 3.8) is 0 Å². The topological polar surface area (TPSA) is 70.7 Å². The number of anilines is 1. The van der Waals surface area contributed by atoms with Crippen LogP contribution in [0.4, 0.5) is 18.9 Å². The number of nitrogens with one attached hydrogen (secondary N) is 2. The number of carbonyl (C=O) groups is 2. The molecule has 10 heteroatoms. The fraction of sp³-hybridized carbons (Fsp3) is 0.467. The number of carbonyl (C=O) groups excluding carboxylic acids is 2. The summed E-state index contributed by atoms with van der Waals surface area (Å²) >= 11 is 0. The van der Waals surface area contributed by atoms with E-state index in [0.29, 0.717) is 31.7 Å².